The van der Waals surface area contributed by atoms with Crippen LogP contribution in [0.4, 0.5) is 20.8 Å². The molecule has 6 rings (SSSR count). The smallest absolute Gasteiger partial charge is 0.410 e. The molecule has 2 N–H and O–H groups in total. The molecule has 0 saturated carbocycles. The molecule has 3 aromatic heterocycles. The minimum atomic E-state index is -3.99. The zero-order valence-corrected chi connectivity index (χ0v) is 30.0. The van der Waals surface area contributed by atoms with Gasteiger partial charge in [-0.2, -0.15) is 0 Å². The standard InChI is InChI=1S/C35H38FN7O5S2/c1-21-10-11-25-26(12-13-28(36)30(25)42-50(45,46)20-24-19-49-22(2)39-24)31(21)47-32-27(9-6-15-37-32)29-14-16-38-33(41-29)40-23-8-7-17-43(18-23)34(44)48-35(3,4)5/h6,9-16,19,23,42H,7-8,17-18,20H2,1-5H3,(H,38,40,41)/t23-/m0/s1. The first-order chi connectivity index (χ1) is 23.7. The maximum Gasteiger partial charge on any atom is 0.410 e. The summed E-state index contributed by atoms with van der Waals surface area (Å²) in [7, 11) is -3.99. The molecular formula is C35H38FN7O5S2. The molecule has 4 heterocycles. The minimum Gasteiger partial charge on any atom is -0.444 e. The molecule has 0 aliphatic carbocycles. The molecule has 1 amide bonds. The second-order valence-corrected chi connectivity index (χ2v) is 15.9. The van der Waals surface area contributed by atoms with Crippen LogP contribution >= 0.6 is 11.3 Å². The highest BCUT2D eigenvalue weighted by Gasteiger charge is 2.28. The second-order valence-electron chi connectivity index (χ2n) is 13.1. The van der Waals surface area contributed by atoms with Gasteiger partial charge in [0.15, 0.2) is 0 Å². The molecule has 1 saturated heterocycles. The fourth-order valence-electron chi connectivity index (χ4n) is 5.67. The van der Waals surface area contributed by atoms with Crippen LogP contribution in [0, 0.1) is 19.7 Å². The van der Waals surface area contributed by atoms with Gasteiger partial charge in [0.1, 0.15) is 22.9 Å². The third-order valence-corrected chi connectivity index (χ3v) is 9.88. The summed E-state index contributed by atoms with van der Waals surface area (Å²) in [5.41, 5.74) is 1.47. The van der Waals surface area contributed by atoms with Crippen LogP contribution in [0.5, 0.6) is 11.6 Å². The van der Waals surface area contributed by atoms with E-state index < -0.39 is 27.2 Å². The number of ether oxygens (including phenoxy) is 2. The van der Waals surface area contributed by atoms with Gasteiger partial charge in [-0.3, -0.25) is 4.72 Å². The maximum absolute atomic E-state index is 15.2. The van der Waals surface area contributed by atoms with Gasteiger partial charge in [0.05, 0.1) is 27.6 Å². The molecule has 0 spiro atoms. The average molecular weight is 720 g/mol. The normalized spacial score (nSPS) is 15.2. The summed E-state index contributed by atoms with van der Waals surface area (Å²) in [5.74, 6) is -0.105. The van der Waals surface area contributed by atoms with Crippen LogP contribution < -0.4 is 14.8 Å². The first-order valence-electron chi connectivity index (χ1n) is 16.1. The Labute approximate surface area is 294 Å². The Bertz CT molecular complexity index is 2150. The number of carbonyl (C=O) groups is 1. The van der Waals surface area contributed by atoms with Crippen molar-refractivity contribution in [3.8, 4) is 22.9 Å². The van der Waals surface area contributed by atoms with E-state index in [1.54, 1.807) is 59.9 Å². The number of hydrogen-bond donors (Lipinski definition) is 2. The van der Waals surface area contributed by atoms with E-state index in [9.17, 15) is 13.2 Å². The number of hydrogen-bond acceptors (Lipinski definition) is 11. The number of halogens is 1. The number of likely N-dealkylation sites (tertiary alicyclic amines) is 1. The van der Waals surface area contributed by atoms with Crippen molar-refractivity contribution in [3.05, 3.63) is 82.3 Å². The molecule has 5 aromatic rings. The Morgan fingerprint density at radius 3 is 2.62 bits per heavy atom. The molecule has 50 heavy (non-hydrogen) atoms. The largest absolute Gasteiger partial charge is 0.444 e. The van der Waals surface area contributed by atoms with Gasteiger partial charge in [-0.1, -0.05) is 12.1 Å². The summed E-state index contributed by atoms with van der Waals surface area (Å²) >= 11 is 1.34. The molecular weight excluding hydrogens is 682 g/mol. The number of amides is 1. The zero-order chi connectivity index (χ0) is 35.6. The lowest BCUT2D eigenvalue weighted by Crippen LogP contribution is -2.47. The Morgan fingerprint density at radius 2 is 1.86 bits per heavy atom. The number of rotatable bonds is 9. The molecule has 0 radical (unpaired) electrons. The summed E-state index contributed by atoms with van der Waals surface area (Å²) in [4.78, 5) is 32.3. The topological polar surface area (TPSA) is 149 Å². The van der Waals surface area contributed by atoms with E-state index in [-0.39, 0.29) is 23.7 Å². The zero-order valence-electron chi connectivity index (χ0n) is 28.4. The first-order valence-corrected chi connectivity index (χ1v) is 18.6. The Morgan fingerprint density at radius 1 is 1.06 bits per heavy atom. The van der Waals surface area contributed by atoms with Gasteiger partial charge in [0, 0.05) is 47.7 Å². The second kappa shape index (κ2) is 14.2. The number of aryl methyl sites for hydroxylation is 2. The number of anilines is 2. The van der Waals surface area contributed by atoms with E-state index >= 15 is 4.39 Å². The van der Waals surface area contributed by atoms with Gasteiger partial charge in [0.25, 0.3) is 0 Å². The van der Waals surface area contributed by atoms with Crippen LogP contribution in [0.25, 0.3) is 22.0 Å². The summed E-state index contributed by atoms with van der Waals surface area (Å²) in [6.07, 6.45) is 4.51. The van der Waals surface area contributed by atoms with E-state index in [0.717, 1.165) is 23.4 Å². The van der Waals surface area contributed by atoms with E-state index in [2.05, 4.69) is 25.0 Å². The quantitative estimate of drug-likeness (QED) is 0.157. The predicted molar refractivity (Wildman–Crippen MR) is 192 cm³/mol. The SMILES string of the molecule is Cc1nc(CS(=O)(=O)Nc2c(F)ccc3c(Oc4ncccc4-c4ccnc(N[C@H]5CCCN(C(=O)OC(C)(C)C)C5)n4)c(C)ccc23)cs1. The lowest BCUT2D eigenvalue weighted by Gasteiger charge is -2.34. The molecule has 15 heteroatoms. The number of pyridine rings is 1. The molecule has 2 aromatic carbocycles. The lowest BCUT2D eigenvalue weighted by molar-refractivity contribution is 0.0206. The summed E-state index contributed by atoms with van der Waals surface area (Å²) < 4.78 is 55.8. The molecule has 0 bridgehead atoms. The molecule has 1 atom stereocenters. The van der Waals surface area contributed by atoms with Crippen LogP contribution in [0.1, 0.15) is 49.9 Å². The van der Waals surface area contributed by atoms with Gasteiger partial charge in [0.2, 0.25) is 21.9 Å². The van der Waals surface area contributed by atoms with E-state index in [1.165, 1.54) is 17.4 Å². The number of nitrogens with zero attached hydrogens (tertiary/aromatic N) is 5. The van der Waals surface area contributed by atoms with E-state index in [4.69, 9.17) is 14.5 Å². The highest BCUT2D eigenvalue weighted by atomic mass is 32.2. The molecule has 262 valence electrons. The third kappa shape index (κ3) is 8.28. The van der Waals surface area contributed by atoms with Crippen molar-refractivity contribution in [1.82, 2.24) is 24.8 Å². The number of aromatic nitrogens is 4. The van der Waals surface area contributed by atoms with Crippen molar-refractivity contribution in [1.29, 1.82) is 0 Å². The molecule has 0 unspecified atom stereocenters. The van der Waals surface area contributed by atoms with Crippen LogP contribution in [0.2, 0.25) is 0 Å². The van der Waals surface area contributed by atoms with Crippen molar-refractivity contribution in [3.63, 3.8) is 0 Å². The van der Waals surface area contributed by atoms with Gasteiger partial charge < -0.3 is 19.7 Å². The van der Waals surface area contributed by atoms with Crippen molar-refractivity contribution in [2.75, 3.05) is 23.1 Å². The highest BCUT2D eigenvalue weighted by Crippen LogP contribution is 2.40. The van der Waals surface area contributed by atoms with Gasteiger partial charge in [-0.05, 0) is 83.4 Å². The van der Waals surface area contributed by atoms with Crippen molar-refractivity contribution < 1.29 is 27.1 Å². The number of benzene rings is 2. The first kappa shape index (κ1) is 35.0. The molecule has 1 aliphatic heterocycles. The predicted octanol–water partition coefficient (Wildman–Crippen LogP) is 7.45. The maximum atomic E-state index is 15.2. The number of piperidine rings is 1. The minimum absolute atomic E-state index is 0.0768. The molecule has 1 fully saturated rings. The highest BCUT2D eigenvalue weighted by molar-refractivity contribution is 7.91. The molecule has 12 nitrogen and oxygen atoms in total. The summed E-state index contributed by atoms with van der Waals surface area (Å²) in [5, 5.41) is 6.58. The average Bonchev–Trinajstić information content (AvgIpc) is 3.46. The van der Waals surface area contributed by atoms with Crippen LogP contribution in [0.3, 0.4) is 0 Å². The monoisotopic (exact) mass is 719 g/mol. The number of nitrogens with one attached hydrogen (secondary N) is 2. The Kier molecular flexibility index (Phi) is 9.89. The summed E-state index contributed by atoms with van der Waals surface area (Å²) in [6, 6.07) is 11.4. The van der Waals surface area contributed by atoms with Crippen molar-refractivity contribution >= 4 is 49.9 Å². The van der Waals surface area contributed by atoms with Gasteiger partial charge in [-0.25, -0.2) is 37.5 Å². The fourth-order valence-corrected chi connectivity index (χ4v) is 7.52. The van der Waals surface area contributed by atoms with Gasteiger partial charge >= 0.3 is 6.09 Å². The van der Waals surface area contributed by atoms with E-state index in [1.807, 2.05) is 33.8 Å². The van der Waals surface area contributed by atoms with Gasteiger partial charge in [-0.15, -0.1) is 11.3 Å². The van der Waals surface area contributed by atoms with Crippen molar-refractivity contribution in [2.24, 2.45) is 0 Å². The fraction of sp³-hybridized carbons (Fsp3) is 0.343. The number of fused-ring (bicyclic) bond motifs is 1. The number of sulfonamides is 1. The third-order valence-electron chi connectivity index (χ3n) is 7.87. The van der Waals surface area contributed by atoms with Crippen LogP contribution in [-0.4, -0.2) is 64.1 Å². The Hall–Kier alpha value is -4.89. The summed E-state index contributed by atoms with van der Waals surface area (Å²) in [6.45, 7) is 10.2. The molecule has 1 aliphatic rings. The van der Waals surface area contributed by atoms with Crippen LogP contribution in [-0.2, 0) is 20.5 Å². The number of carbonyl (C=O) groups excluding carboxylic acids is 1. The van der Waals surface area contributed by atoms with Crippen molar-refractivity contribution in [2.45, 2.75) is 64.9 Å². The lowest BCUT2D eigenvalue weighted by atomic mass is 10.0. The van der Waals surface area contributed by atoms with Crippen LogP contribution in [0.15, 0.2) is 60.2 Å². The number of thiazole rings is 1. The Balaban J connectivity index is 1.25. The van der Waals surface area contributed by atoms with E-state index in [0.29, 0.717) is 52.5 Å².